The van der Waals surface area contributed by atoms with Gasteiger partial charge in [-0.25, -0.2) is 13.6 Å². The summed E-state index contributed by atoms with van der Waals surface area (Å²) in [7, 11) is 0. The van der Waals surface area contributed by atoms with Crippen LogP contribution < -0.4 is 5.32 Å². The molecule has 328 valence electrons. The summed E-state index contributed by atoms with van der Waals surface area (Å²) in [5.74, 6) is -7.36. The third kappa shape index (κ3) is 8.82. The molecule has 0 radical (unpaired) electrons. The van der Waals surface area contributed by atoms with Gasteiger partial charge in [0.25, 0.3) is 10.2 Å². The van der Waals surface area contributed by atoms with Crippen LogP contribution in [-0.2, 0) is 52.6 Å². The van der Waals surface area contributed by atoms with E-state index >= 15 is 8.78 Å². The maximum Gasteiger partial charge on any atom is 0.329 e. The molecule has 19 nitrogen and oxygen atoms in total. The van der Waals surface area contributed by atoms with E-state index in [1.165, 1.54) is 13.0 Å². The average Bonchev–Trinajstić information content (AvgIpc) is 3.56. The van der Waals surface area contributed by atoms with Gasteiger partial charge in [-0.05, 0) is 89.4 Å². The summed E-state index contributed by atoms with van der Waals surface area (Å²) in [6, 6.07) is -1.59. The van der Waals surface area contributed by atoms with Crippen molar-refractivity contribution in [2.75, 3.05) is 26.4 Å². The Morgan fingerprint density at radius 2 is 1.61 bits per heavy atom. The summed E-state index contributed by atoms with van der Waals surface area (Å²) in [6.07, 6.45) is -1.36. The first kappa shape index (κ1) is 45.5. The molecule has 2 unspecified atom stereocenters. The first-order valence-corrected chi connectivity index (χ1v) is 19.6. The number of nitrogens with one attached hydrogen (secondary N) is 1. The van der Waals surface area contributed by atoms with E-state index in [1.807, 2.05) is 0 Å². The number of aliphatic hydroxyl groups excluding tert-OH is 1. The van der Waals surface area contributed by atoms with Crippen LogP contribution in [0.15, 0.2) is 23.8 Å². The molecular weight excluding hydrogens is 792 g/mol. The number of unbranched alkanes of at least 4 members (excludes halogenated alkanes) is 3. The monoisotopic (exact) mass is 843 g/mol. The number of hydrogen-bond donors (Lipinski definition) is 2. The van der Waals surface area contributed by atoms with Crippen molar-refractivity contribution in [3.8, 4) is 0 Å². The molecule has 4 aliphatic carbocycles. The highest BCUT2D eigenvalue weighted by atomic mass is 19.1. The number of alkyl halides is 2. The molecule has 5 aliphatic rings. The second-order valence-corrected chi connectivity index (χ2v) is 16.6. The number of Topliss-reactive ketones (excluding diaryl/α,β-unsaturated/α-hetero) is 1. The number of ketones is 2. The Labute approximate surface area is 337 Å². The standard InChI is InChI=1S/C38H51F2N3O16/c1-34(2)58-30-18-23-24-17-26(39)25-16-22(44)11-12-35(25,3)37(24,40)28(45)20-36(23,4)38(30,59-34)29(46)21-55-32(48)19-27(33(49)54-13-8-9-15-57-43(52)53)41-31(47)10-6-5-7-14-56-42(50)51/h11-12,16,23-24,26-28,30,45H,5-10,13-15,17-21H2,1-4H3,(H,41,47)/t23?,24?,26-,27-,28-,30-,35-,36-,37-,38-/m0/s1. The van der Waals surface area contributed by atoms with Gasteiger partial charge in [-0.1, -0.05) is 19.4 Å². The molecule has 2 N–H and O–H groups in total. The number of esters is 2. The number of ether oxygens (including phenoxy) is 4. The van der Waals surface area contributed by atoms with Crippen molar-refractivity contribution >= 4 is 29.4 Å². The molecule has 1 amide bonds. The molecule has 5 rings (SSSR count). The zero-order chi connectivity index (χ0) is 43.6. The van der Waals surface area contributed by atoms with Crippen LogP contribution in [-0.4, -0.2) is 113 Å². The van der Waals surface area contributed by atoms with Gasteiger partial charge < -0.3 is 39.0 Å². The molecule has 1 aliphatic heterocycles. The zero-order valence-corrected chi connectivity index (χ0v) is 33.3. The maximum atomic E-state index is 17.7. The van der Waals surface area contributed by atoms with Gasteiger partial charge in [0.05, 0.1) is 38.4 Å². The molecular formula is C38H51F2N3O16. The molecule has 10 atom stereocenters. The first-order valence-electron chi connectivity index (χ1n) is 19.6. The lowest BCUT2D eigenvalue weighted by Gasteiger charge is -2.63. The predicted molar refractivity (Wildman–Crippen MR) is 194 cm³/mol. The molecule has 59 heavy (non-hydrogen) atoms. The average molecular weight is 844 g/mol. The number of aliphatic hydroxyl groups is 1. The van der Waals surface area contributed by atoms with Crippen LogP contribution >= 0.6 is 0 Å². The Morgan fingerprint density at radius 1 is 0.966 bits per heavy atom. The summed E-state index contributed by atoms with van der Waals surface area (Å²) in [4.78, 5) is 95.0. The third-order valence-corrected chi connectivity index (χ3v) is 12.6. The largest absolute Gasteiger partial charge is 0.464 e. The minimum Gasteiger partial charge on any atom is -0.464 e. The van der Waals surface area contributed by atoms with Crippen molar-refractivity contribution in [1.82, 2.24) is 5.32 Å². The van der Waals surface area contributed by atoms with E-state index in [-0.39, 0.29) is 76.8 Å². The lowest BCUT2D eigenvalue weighted by atomic mass is 9.44. The van der Waals surface area contributed by atoms with Crippen molar-refractivity contribution < 1.29 is 76.7 Å². The summed E-state index contributed by atoms with van der Waals surface area (Å²) >= 11 is 0. The van der Waals surface area contributed by atoms with E-state index in [2.05, 4.69) is 15.0 Å². The number of halogens is 2. The Balaban J connectivity index is 1.29. The Hall–Kier alpha value is -4.63. The predicted octanol–water partition coefficient (Wildman–Crippen LogP) is 3.09. The van der Waals surface area contributed by atoms with Crippen LogP contribution in [0, 0.1) is 42.9 Å². The highest BCUT2D eigenvalue weighted by molar-refractivity contribution is 6.01. The molecule has 4 fully saturated rings. The fraction of sp³-hybridized carbons (Fsp3) is 0.763. The van der Waals surface area contributed by atoms with E-state index in [9.17, 15) is 49.3 Å². The molecule has 1 heterocycles. The molecule has 0 spiro atoms. The molecule has 3 saturated carbocycles. The maximum absolute atomic E-state index is 17.7. The third-order valence-electron chi connectivity index (χ3n) is 12.6. The fourth-order valence-corrected chi connectivity index (χ4v) is 10.1. The number of amides is 1. The van der Waals surface area contributed by atoms with Crippen LogP contribution in [0.2, 0.25) is 0 Å². The minimum atomic E-state index is -2.43. The SMILES string of the molecule is CC1(C)O[C@H]2CC3C4C[C@H](F)C5=CC(=O)C=C[C@]5(C)[C@@]4(F)[C@@H](O)C[C@]3(C)[C@@]2(C(=O)COC(=O)C[C@H](NC(=O)CCCCCO[N+](=O)[O-])C(=O)OCCCCO[N+](=O)[O-])O1. The zero-order valence-electron chi connectivity index (χ0n) is 33.3. The lowest BCUT2D eigenvalue weighted by molar-refractivity contribution is -0.757. The number of carbonyl (C=O) groups excluding carboxylic acids is 5. The van der Waals surface area contributed by atoms with Crippen molar-refractivity contribution in [1.29, 1.82) is 0 Å². The van der Waals surface area contributed by atoms with Gasteiger partial charge >= 0.3 is 11.9 Å². The number of rotatable bonds is 20. The molecule has 0 aromatic carbocycles. The van der Waals surface area contributed by atoms with E-state index in [0.29, 0.717) is 6.42 Å². The van der Waals surface area contributed by atoms with Gasteiger partial charge in [0.2, 0.25) is 11.7 Å². The summed E-state index contributed by atoms with van der Waals surface area (Å²) in [6.45, 7) is 4.64. The first-order chi connectivity index (χ1) is 27.6. The van der Waals surface area contributed by atoms with Crippen molar-refractivity contribution in [2.24, 2.45) is 22.7 Å². The van der Waals surface area contributed by atoms with Crippen molar-refractivity contribution in [3.05, 3.63) is 44.0 Å². The Bertz CT molecular complexity index is 1760. The highest BCUT2D eigenvalue weighted by Crippen LogP contribution is 2.72. The normalized spacial score (nSPS) is 34.2. The molecule has 21 heteroatoms. The van der Waals surface area contributed by atoms with Crippen LogP contribution in [0.4, 0.5) is 8.78 Å². The number of nitrogens with zero attached hydrogens (tertiary/aromatic N) is 2. The van der Waals surface area contributed by atoms with Gasteiger partial charge in [0.15, 0.2) is 29.4 Å². The molecule has 0 aromatic rings. The lowest BCUT2D eigenvalue weighted by Crippen LogP contribution is -2.71. The van der Waals surface area contributed by atoms with Gasteiger partial charge in [-0.2, -0.15) is 0 Å². The van der Waals surface area contributed by atoms with E-state index in [0.717, 1.165) is 12.2 Å². The smallest absolute Gasteiger partial charge is 0.329 e. The molecule has 1 saturated heterocycles. The molecule has 0 bridgehead atoms. The van der Waals surface area contributed by atoms with Crippen molar-refractivity contribution in [2.45, 2.75) is 133 Å². The summed E-state index contributed by atoms with van der Waals surface area (Å²) in [5, 5.41) is 33.0. The van der Waals surface area contributed by atoms with Gasteiger partial charge in [-0.3, -0.25) is 19.2 Å². The number of fused-ring (bicyclic) bond motifs is 7. The summed E-state index contributed by atoms with van der Waals surface area (Å²) < 4.78 is 56.9. The minimum absolute atomic E-state index is 0.0357. The molecule has 0 aromatic heterocycles. The van der Waals surface area contributed by atoms with Crippen LogP contribution in [0.3, 0.4) is 0 Å². The van der Waals surface area contributed by atoms with Crippen LogP contribution in [0.25, 0.3) is 0 Å². The highest BCUT2D eigenvalue weighted by Gasteiger charge is 2.80. The second kappa shape index (κ2) is 17.5. The quantitative estimate of drug-likeness (QED) is 0.0772. The summed E-state index contributed by atoms with van der Waals surface area (Å²) in [5.41, 5.74) is -7.43. The number of carbonyl (C=O) groups is 5. The Morgan fingerprint density at radius 3 is 2.27 bits per heavy atom. The Kier molecular flexibility index (Phi) is 13.5. The fourth-order valence-electron chi connectivity index (χ4n) is 10.1. The van der Waals surface area contributed by atoms with E-state index < -0.39 is 117 Å². The van der Waals surface area contributed by atoms with E-state index in [1.54, 1.807) is 20.8 Å². The van der Waals surface area contributed by atoms with Gasteiger partial charge in [0.1, 0.15) is 12.2 Å². The topological polar surface area (TPSA) is 259 Å². The van der Waals surface area contributed by atoms with Crippen molar-refractivity contribution in [3.63, 3.8) is 0 Å². The van der Waals surface area contributed by atoms with Crippen LogP contribution in [0.1, 0.15) is 91.9 Å². The van der Waals surface area contributed by atoms with Crippen LogP contribution in [0.5, 0.6) is 0 Å². The van der Waals surface area contributed by atoms with Gasteiger partial charge in [-0.15, -0.1) is 20.2 Å². The second-order valence-electron chi connectivity index (χ2n) is 16.6. The van der Waals surface area contributed by atoms with Gasteiger partial charge in [0, 0.05) is 23.2 Å². The number of allylic oxidation sites excluding steroid dienone is 4. The number of hydrogen-bond acceptors (Lipinski definition) is 16. The van der Waals surface area contributed by atoms with E-state index in [4.69, 9.17) is 18.9 Å².